The van der Waals surface area contributed by atoms with Gasteiger partial charge < -0.3 is 0 Å². The number of fused-ring (bicyclic) bond motifs is 2. The number of allylic oxidation sites excluding steroid dienone is 2. The van der Waals surface area contributed by atoms with Gasteiger partial charge in [-0.2, -0.15) is 0 Å². The van der Waals surface area contributed by atoms with E-state index in [1.54, 1.807) is 22.3 Å². The first-order valence-electron chi connectivity index (χ1n) is 10.6. The molecule has 0 amide bonds. The van der Waals surface area contributed by atoms with E-state index in [-0.39, 0.29) is 0 Å². The van der Waals surface area contributed by atoms with Crippen LogP contribution in [0.3, 0.4) is 0 Å². The number of hydrogen-bond donors (Lipinski definition) is 0. The fourth-order valence-electron chi connectivity index (χ4n) is 6.67. The summed E-state index contributed by atoms with van der Waals surface area (Å²) in [4.78, 5) is 0. The molecule has 2 aliphatic carbocycles. The van der Waals surface area contributed by atoms with E-state index >= 15 is 0 Å². The van der Waals surface area contributed by atoms with Crippen LogP contribution in [0, 0.1) is 0 Å². The first-order valence-corrected chi connectivity index (χ1v) is 20.1. The van der Waals surface area contributed by atoms with Gasteiger partial charge in [0.2, 0.25) is 0 Å². The molecule has 2 aliphatic rings. The Morgan fingerprint density at radius 2 is 1.19 bits per heavy atom. The molecule has 1 heteroatoms. The van der Waals surface area contributed by atoms with Gasteiger partial charge >= 0.3 is 167 Å². The molecule has 27 heavy (non-hydrogen) atoms. The first kappa shape index (κ1) is 19.1. The summed E-state index contributed by atoms with van der Waals surface area (Å²) in [6, 6.07) is 18.4. The van der Waals surface area contributed by atoms with Crippen LogP contribution in [0.2, 0.25) is 13.4 Å². The predicted octanol–water partition coefficient (Wildman–Crippen LogP) is 8.31. The zero-order chi connectivity index (χ0) is 19.3. The van der Waals surface area contributed by atoms with Crippen LogP contribution in [-0.2, 0) is 18.8 Å². The van der Waals surface area contributed by atoms with Gasteiger partial charge in [-0.05, 0) is 0 Å². The summed E-state index contributed by atoms with van der Waals surface area (Å²) in [7, 11) is 0. The van der Waals surface area contributed by atoms with E-state index in [0.717, 1.165) is 0 Å². The minimum absolute atomic E-state index is 0.661. The van der Waals surface area contributed by atoms with E-state index in [4.69, 9.17) is 0 Å². The molecule has 0 aliphatic heterocycles. The second-order valence-electron chi connectivity index (χ2n) is 9.94. The van der Waals surface area contributed by atoms with Crippen molar-refractivity contribution < 1.29 is 18.8 Å². The van der Waals surface area contributed by atoms with Gasteiger partial charge in [0.05, 0.1) is 0 Å². The quantitative estimate of drug-likeness (QED) is 0.442. The summed E-state index contributed by atoms with van der Waals surface area (Å²) in [5.74, 6) is 0. The van der Waals surface area contributed by atoms with Crippen LogP contribution in [0.15, 0.2) is 59.7 Å². The molecule has 2 aromatic rings. The van der Waals surface area contributed by atoms with Gasteiger partial charge in [-0.25, -0.2) is 0 Å². The minimum atomic E-state index is -3.32. The van der Waals surface area contributed by atoms with E-state index < -0.39 is 18.8 Å². The normalized spacial score (nSPS) is 22.5. The van der Waals surface area contributed by atoms with Gasteiger partial charge in [0, 0.05) is 0 Å². The number of unbranched alkanes of at least 4 members (excludes halogenated alkanes) is 1. The van der Waals surface area contributed by atoms with Gasteiger partial charge in [0.25, 0.3) is 0 Å². The van der Waals surface area contributed by atoms with Crippen LogP contribution in [0.1, 0.15) is 63.1 Å². The maximum absolute atomic E-state index is 3.32. The van der Waals surface area contributed by atoms with E-state index in [1.165, 1.54) is 28.1 Å². The molecule has 0 aromatic heterocycles. The van der Waals surface area contributed by atoms with Crippen molar-refractivity contribution >= 4 is 12.2 Å². The van der Waals surface area contributed by atoms with E-state index in [9.17, 15) is 0 Å². The van der Waals surface area contributed by atoms with Crippen LogP contribution in [-0.4, -0.2) is 0 Å². The van der Waals surface area contributed by atoms with Crippen molar-refractivity contribution in [3.8, 4) is 0 Å². The standard InChI is InChI=1S/2C10H9.C4H9.2CH3.Zr/c2*1-8-6-9-4-2-3-5-10(9)7-8;1-3-4-2;;;/h2*2-7H,1H3;1,3-4H2,2H3;2*1H3;. The van der Waals surface area contributed by atoms with Gasteiger partial charge in [0.15, 0.2) is 0 Å². The summed E-state index contributed by atoms with van der Waals surface area (Å²) in [5, 5.41) is 0. The molecule has 4 rings (SSSR count). The third-order valence-electron chi connectivity index (χ3n) is 7.51. The molecule has 0 bridgehead atoms. The summed E-state index contributed by atoms with van der Waals surface area (Å²) in [6.07, 6.45) is 7.61. The predicted molar refractivity (Wildman–Crippen MR) is 117 cm³/mol. The SMILES string of the molecule is CCC[CH2][Zr]([CH3])([CH3])([CH]1C(C)=Cc2ccccc21)[CH]1C(C)=Cc2ccccc21. The van der Waals surface area contributed by atoms with Crippen molar-refractivity contribution in [3.63, 3.8) is 0 Å². The Hall–Kier alpha value is -1.20. The number of rotatable bonds is 5. The average molecular weight is 437 g/mol. The molecule has 2 aromatic carbocycles. The molecular formula is C26H33Zr. The summed E-state index contributed by atoms with van der Waals surface area (Å²) in [6.45, 7) is 7.15. The molecule has 0 nitrogen and oxygen atoms in total. The molecule has 0 spiro atoms. The second-order valence-corrected chi connectivity index (χ2v) is 28.4. The summed E-state index contributed by atoms with van der Waals surface area (Å²) < 4.78 is 8.32. The Balaban J connectivity index is 1.94. The van der Waals surface area contributed by atoms with E-state index in [0.29, 0.717) is 7.25 Å². The third-order valence-corrected chi connectivity index (χ3v) is 25.3. The molecule has 0 fully saturated rings. The molecule has 0 heterocycles. The Morgan fingerprint density at radius 1 is 0.741 bits per heavy atom. The summed E-state index contributed by atoms with van der Waals surface area (Å²) >= 11 is -3.32. The Kier molecular flexibility index (Phi) is 4.75. The zero-order valence-corrected chi connectivity index (χ0v) is 20.0. The molecule has 2 unspecified atom stereocenters. The van der Waals surface area contributed by atoms with Gasteiger partial charge in [-0.15, -0.1) is 0 Å². The zero-order valence-electron chi connectivity index (χ0n) is 17.5. The molecule has 141 valence electrons. The Morgan fingerprint density at radius 3 is 1.63 bits per heavy atom. The van der Waals surface area contributed by atoms with E-state index in [1.807, 2.05) is 0 Å². The monoisotopic (exact) mass is 435 g/mol. The Bertz CT molecular complexity index is 873. The molecule has 0 N–H and O–H groups in total. The number of hydrogen-bond acceptors (Lipinski definition) is 0. The first-order chi connectivity index (χ1) is 12.9. The van der Waals surface area contributed by atoms with Crippen molar-refractivity contribution in [2.75, 3.05) is 0 Å². The molecular weight excluding hydrogens is 404 g/mol. The molecule has 0 saturated carbocycles. The molecule has 0 saturated heterocycles. The number of benzene rings is 2. The second kappa shape index (κ2) is 6.70. The van der Waals surface area contributed by atoms with Crippen molar-refractivity contribution in [2.24, 2.45) is 0 Å². The van der Waals surface area contributed by atoms with Crippen LogP contribution in [0.5, 0.6) is 0 Å². The van der Waals surface area contributed by atoms with Crippen molar-refractivity contribution in [2.45, 2.75) is 54.3 Å². The molecule has 2 atom stereocenters. The van der Waals surface area contributed by atoms with Crippen LogP contribution in [0.4, 0.5) is 0 Å². The fraction of sp³-hybridized carbons (Fsp3) is 0.385. The Labute approximate surface area is 166 Å². The van der Waals surface area contributed by atoms with E-state index in [2.05, 4.69) is 90.7 Å². The third kappa shape index (κ3) is 2.89. The summed E-state index contributed by atoms with van der Waals surface area (Å²) in [5.41, 5.74) is 9.38. The van der Waals surface area contributed by atoms with Crippen LogP contribution in [0.25, 0.3) is 12.2 Å². The van der Waals surface area contributed by atoms with Crippen LogP contribution < -0.4 is 0 Å². The van der Waals surface area contributed by atoms with Crippen molar-refractivity contribution in [1.29, 1.82) is 0 Å². The van der Waals surface area contributed by atoms with Crippen molar-refractivity contribution in [1.82, 2.24) is 0 Å². The van der Waals surface area contributed by atoms with Gasteiger partial charge in [-0.1, -0.05) is 0 Å². The maximum atomic E-state index is 2.78. The molecule has 0 radical (unpaired) electrons. The van der Waals surface area contributed by atoms with Gasteiger partial charge in [-0.3, -0.25) is 0 Å². The van der Waals surface area contributed by atoms with Crippen LogP contribution >= 0.6 is 0 Å². The van der Waals surface area contributed by atoms with Gasteiger partial charge in [0.1, 0.15) is 0 Å². The topological polar surface area (TPSA) is 0 Å². The van der Waals surface area contributed by atoms with Crippen molar-refractivity contribution in [3.05, 3.63) is 81.9 Å². The fourth-order valence-corrected chi connectivity index (χ4v) is 26.6. The average Bonchev–Trinajstić information content (AvgIpc) is 3.16.